The number of nitrogens with zero attached hydrogens (tertiary/aromatic N) is 1. The van der Waals surface area contributed by atoms with E-state index in [-0.39, 0.29) is 11.8 Å². The molecule has 3 rings (SSSR count). The van der Waals surface area contributed by atoms with Gasteiger partial charge in [-0.25, -0.2) is 0 Å². The van der Waals surface area contributed by atoms with E-state index in [1.54, 1.807) is 0 Å². The zero-order valence-electron chi connectivity index (χ0n) is 12.8. The molecule has 2 aromatic rings. The topological polar surface area (TPSA) is 20.3 Å². The minimum absolute atomic E-state index is 0.0198. The normalized spacial score (nSPS) is 15.3. The number of rotatable bonds is 3. The molecular formula is C19H20BrNO. The summed E-state index contributed by atoms with van der Waals surface area (Å²) in [7, 11) is 0. The maximum Gasteiger partial charge on any atom is 0.226 e. The summed E-state index contributed by atoms with van der Waals surface area (Å²) in [4.78, 5) is 14.7. The molecule has 0 saturated heterocycles. The van der Waals surface area contributed by atoms with Crippen LogP contribution in [0.3, 0.4) is 0 Å². The van der Waals surface area contributed by atoms with E-state index < -0.39 is 0 Å². The Balaban J connectivity index is 1.70. The highest BCUT2D eigenvalue weighted by Gasteiger charge is 2.25. The number of halogens is 1. The Hall–Kier alpha value is -1.61. The lowest BCUT2D eigenvalue weighted by Crippen LogP contribution is -2.39. The first-order valence-electron chi connectivity index (χ1n) is 7.74. The highest BCUT2D eigenvalue weighted by atomic mass is 79.9. The lowest BCUT2D eigenvalue weighted by atomic mass is 9.96. The Bertz CT molecular complexity index is 668. The summed E-state index contributed by atoms with van der Waals surface area (Å²) in [6.07, 6.45) is 1.75. The van der Waals surface area contributed by atoms with E-state index in [0.717, 1.165) is 23.9 Å². The second-order valence-electron chi connectivity index (χ2n) is 5.98. The van der Waals surface area contributed by atoms with Crippen molar-refractivity contribution in [3.8, 4) is 0 Å². The van der Waals surface area contributed by atoms with Crippen molar-refractivity contribution in [2.75, 3.05) is 6.54 Å². The number of hydrogen-bond acceptors (Lipinski definition) is 1. The average molecular weight is 358 g/mol. The van der Waals surface area contributed by atoms with Crippen LogP contribution in [0.15, 0.2) is 53.0 Å². The zero-order valence-corrected chi connectivity index (χ0v) is 14.3. The summed E-state index contributed by atoms with van der Waals surface area (Å²) in [5, 5.41) is 0. The van der Waals surface area contributed by atoms with Crippen LogP contribution in [0.4, 0.5) is 0 Å². The summed E-state index contributed by atoms with van der Waals surface area (Å²) in [6.45, 7) is 3.57. The lowest BCUT2D eigenvalue weighted by Gasteiger charge is -2.31. The SMILES string of the molecule is C[C@H](Cc1ccccc1)C(=O)N1CCc2cccc(Br)c2C1. The molecule has 2 aromatic carbocycles. The van der Waals surface area contributed by atoms with Gasteiger partial charge in [-0.3, -0.25) is 4.79 Å². The quantitative estimate of drug-likeness (QED) is 0.805. The molecule has 0 fully saturated rings. The predicted octanol–water partition coefficient (Wildman–Crippen LogP) is 4.21. The molecular weight excluding hydrogens is 338 g/mol. The summed E-state index contributed by atoms with van der Waals surface area (Å²) in [5.41, 5.74) is 3.84. The molecule has 1 heterocycles. The van der Waals surface area contributed by atoms with Crippen molar-refractivity contribution in [3.63, 3.8) is 0 Å². The van der Waals surface area contributed by atoms with E-state index in [1.165, 1.54) is 16.7 Å². The smallest absolute Gasteiger partial charge is 0.226 e. The number of benzene rings is 2. The van der Waals surface area contributed by atoms with Crippen LogP contribution >= 0.6 is 15.9 Å². The van der Waals surface area contributed by atoms with E-state index in [0.29, 0.717) is 6.54 Å². The third-order valence-corrected chi connectivity index (χ3v) is 5.08. The average Bonchev–Trinajstić information content (AvgIpc) is 2.55. The van der Waals surface area contributed by atoms with Gasteiger partial charge in [0.15, 0.2) is 0 Å². The second-order valence-corrected chi connectivity index (χ2v) is 6.83. The lowest BCUT2D eigenvalue weighted by molar-refractivity contribution is -0.135. The van der Waals surface area contributed by atoms with Crippen LogP contribution in [-0.4, -0.2) is 17.4 Å². The van der Waals surface area contributed by atoms with Crippen LogP contribution in [0.2, 0.25) is 0 Å². The van der Waals surface area contributed by atoms with Crippen molar-refractivity contribution >= 4 is 21.8 Å². The molecule has 0 bridgehead atoms. The van der Waals surface area contributed by atoms with Gasteiger partial charge >= 0.3 is 0 Å². The summed E-state index contributed by atoms with van der Waals surface area (Å²) in [5.74, 6) is 0.275. The van der Waals surface area contributed by atoms with E-state index in [4.69, 9.17) is 0 Å². The van der Waals surface area contributed by atoms with Crippen molar-refractivity contribution in [1.82, 2.24) is 4.90 Å². The second kappa shape index (κ2) is 6.66. The molecule has 0 aromatic heterocycles. The van der Waals surface area contributed by atoms with Crippen LogP contribution in [0.25, 0.3) is 0 Å². The molecule has 1 amide bonds. The van der Waals surface area contributed by atoms with Gasteiger partial charge in [0, 0.05) is 23.5 Å². The summed E-state index contributed by atoms with van der Waals surface area (Å²) >= 11 is 3.61. The molecule has 1 aliphatic heterocycles. The Morgan fingerprint density at radius 3 is 2.73 bits per heavy atom. The van der Waals surface area contributed by atoms with Gasteiger partial charge < -0.3 is 4.90 Å². The van der Waals surface area contributed by atoms with Gasteiger partial charge in [0.1, 0.15) is 0 Å². The van der Waals surface area contributed by atoms with Crippen LogP contribution < -0.4 is 0 Å². The first-order chi connectivity index (χ1) is 10.6. The van der Waals surface area contributed by atoms with Crippen molar-refractivity contribution < 1.29 is 4.79 Å². The van der Waals surface area contributed by atoms with E-state index in [2.05, 4.69) is 46.3 Å². The highest BCUT2D eigenvalue weighted by Crippen LogP contribution is 2.27. The Morgan fingerprint density at radius 1 is 1.18 bits per heavy atom. The first kappa shape index (κ1) is 15.3. The third-order valence-electron chi connectivity index (χ3n) is 4.33. The van der Waals surface area contributed by atoms with Crippen LogP contribution in [-0.2, 0) is 24.2 Å². The van der Waals surface area contributed by atoms with Gasteiger partial charge in [-0.2, -0.15) is 0 Å². The number of amides is 1. The predicted molar refractivity (Wildman–Crippen MR) is 92.6 cm³/mol. The van der Waals surface area contributed by atoms with E-state index in [9.17, 15) is 4.79 Å². The van der Waals surface area contributed by atoms with Crippen molar-refractivity contribution in [1.29, 1.82) is 0 Å². The van der Waals surface area contributed by atoms with Crippen molar-refractivity contribution in [2.24, 2.45) is 5.92 Å². The fraction of sp³-hybridized carbons (Fsp3) is 0.316. The Kier molecular flexibility index (Phi) is 4.63. The van der Waals surface area contributed by atoms with E-state index in [1.807, 2.05) is 30.0 Å². The largest absolute Gasteiger partial charge is 0.338 e. The van der Waals surface area contributed by atoms with Crippen molar-refractivity contribution in [2.45, 2.75) is 26.3 Å². The van der Waals surface area contributed by atoms with Gasteiger partial charge in [-0.1, -0.05) is 65.3 Å². The number of carbonyl (C=O) groups excluding carboxylic acids is 1. The van der Waals surface area contributed by atoms with Crippen LogP contribution in [0.1, 0.15) is 23.6 Å². The molecule has 0 saturated carbocycles. The van der Waals surface area contributed by atoms with Gasteiger partial charge in [-0.05, 0) is 35.6 Å². The highest BCUT2D eigenvalue weighted by molar-refractivity contribution is 9.10. The van der Waals surface area contributed by atoms with Gasteiger partial charge in [0.05, 0.1) is 0 Å². The summed E-state index contributed by atoms with van der Waals surface area (Å²) in [6, 6.07) is 16.5. The maximum atomic E-state index is 12.7. The minimum atomic E-state index is 0.0198. The summed E-state index contributed by atoms with van der Waals surface area (Å²) < 4.78 is 1.11. The molecule has 0 radical (unpaired) electrons. The van der Waals surface area contributed by atoms with Crippen LogP contribution in [0.5, 0.6) is 0 Å². The Labute approximate surface area is 140 Å². The molecule has 0 unspecified atom stereocenters. The molecule has 22 heavy (non-hydrogen) atoms. The fourth-order valence-electron chi connectivity index (χ4n) is 3.09. The maximum absolute atomic E-state index is 12.7. The van der Waals surface area contributed by atoms with Gasteiger partial charge in [0.2, 0.25) is 5.91 Å². The fourth-order valence-corrected chi connectivity index (χ4v) is 3.63. The molecule has 0 aliphatic carbocycles. The molecule has 0 spiro atoms. The molecule has 0 N–H and O–H groups in total. The minimum Gasteiger partial charge on any atom is -0.338 e. The van der Waals surface area contributed by atoms with Gasteiger partial charge in [-0.15, -0.1) is 0 Å². The monoisotopic (exact) mass is 357 g/mol. The standard InChI is InChI=1S/C19H20BrNO/c1-14(12-15-6-3-2-4-7-15)19(22)21-11-10-16-8-5-9-18(20)17(16)13-21/h2-9,14H,10-13H2,1H3/t14-/m1/s1. The third kappa shape index (κ3) is 3.25. The number of hydrogen-bond donors (Lipinski definition) is 0. The molecule has 1 aliphatic rings. The molecule has 1 atom stereocenters. The zero-order chi connectivity index (χ0) is 15.5. The van der Waals surface area contributed by atoms with E-state index >= 15 is 0 Å². The number of fused-ring (bicyclic) bond motifs is 1. The molecule has 2 nitrogen and oxygen atoms in total. The molecule has 114 valence electrons. The first-order valence-corrected chi connectivity index (χ1v) is 8.53. The number of carbonyl (C=O) groups is 1. The van der Waals surface area contributed by atoms with Gasteiger partial charge in [0.25, 0.3) is 0 Å². The molecule has 3 heteroatoms. The van der Waals surface area contributed by atoms with Crippen molar-refractivity contribution in [3.05, 3.63) is 69.7 Å². The van der Waals surface area contributed by atoms with Crippen LogP contribution in [0, 0.1) is 5.92 Å². The Morgan fingerprint density at radius 2 is 1.95 bits per heavy atom.